The quantitative estimate of drug-likeness (QED) is 0.697. The van der Waals surface area contributed by atoms with E-state index in [1.54, 1.807) is 0 Å². The molecule has 1 atom stereocenters. The summed E-state index contributed by atoms with van der Waals surface area (Å²) in [5.74, 6) is 0.274. The summed E-state index contributed by atoms with van der Waals surface area (Å²) in [4.78, 5) is 32.9. The molecule has 1 N–H and O–H groups in total. The molecule has 0 bridgehead atoms. The van der Waals surface area contributed by atoms with Gasteiger partial charge in [0.05, 0.1) is 17.0 Å². The van der Waals surface area contributed by atoms with Crippen LogP contribution in [0, 0.1) is 5.92 Å². The van der Waals surface area contributed by atoms with Crippen molar-refractivity contribution in [3.8, 4) is 0 Å². The maximum atomic E-state index is 13.5. The molecule has 2 aliphatic rings. The van der Waals surface area contributed by atoms with E-state index >= 15 is 0 Å². The molecule has 3 aromatic rings. The van der Waals surface area contributed by atoms with Gasteiger partial charge in [0, 0.05) is 35.8 Å². The zero-order valence-corrected chi connectivity index (χ0v) is 16.9. The number of hydrogen-bond acceptors (Lipinski definition) is 3. The number of para-hydroxylation sites is 2. The molecule has 0 radical (unpaired) electrons. The Morgan fingerprint density at radius 2 is 1.73 bits per heavy atom. The Labute approximate surface area is 176 Å². The largest absolute Gasteiger partial charge is 0.338 e. The van der Waals surface area contributed by atoms with Crippen molar-refractivity contribution < 1.29 is 9.59 Å². The summed E-state index contributed by atoms with van der Waals surface area (Å²) >= 11 is 0. The summed E-state index contributed by atoms with van der Waals surface area (Å²) < 4.78 is 0. The third-order valence-electron chi connectivity index (χ3n) is 6.08. The summed E-state index contributed by atoms with van der Waals surface area (Å²) in [6.07, 6.45) is 3.92. The number of benzene rings is 2. The normalized spacial score (nSPS) is 18.9. The van der Waals surface area contributed by atoms with Crippen LogP contribution < -0.4 is 5.32 Å². The Bertz CT molecular complexity index is 1090. The smallest absolute Gasteiger partial charge is 0.254 e. The number of carbonyl (C=O) groups excluding carboxylic acids is 2. The van der Waals surface area contributed by atoms with Crippen LogP contribution in [-0.4, -0.2) is 34.8 Å². The van der Waals surface area contributed by atoms with E-state index in [2.05, 4.69) is 5.32 Å². The van der Waals surface area contributed by atoms with Gasteiger partial charge in [0.2, 0.25) is 5.91 Å². The lowest BCUT2D eigenvalue weighted by Crippen LogP contribution is -2.43. The first-order valence-corrected chi connectivity index (χ1v) is 10.7. The van der Waals surface area contributed by atoms with Crippen molar-refractivity contribution in [2.45, 2.75) is 31.6 Å². The molecule has 2 fully saturated rings. The van der Waals surface area contributed by atoms with E-state index in [9.17, 15) is 9.59 Å². The van der Waals surface area contributed by atoms with Gasteiger partial charge in [-0.1, -0.05) is 36.4 Å². The molecule has 0 spiro atoms. The molecule has 1 unspecified atom stereocenters. The molecular formula is C25H25N3O2. The number of likely N-dealkylation sites (tertiary alicyclic amines) is 1. The fraction of sp³-hybridized carbons (Fsp3) is 0.320. The number of hydrogen-bond donors (Lipinski definition) is 1. The Balaban J connectivity index is 1.38. The summed E-state index contributed by atoms with van der Waals surface area (Å²) in [6.45, 7) is 1.14. The Hall–Kier alpha value is -3.21. The maximum absolute atomic E-state index is 13.5. The Kier molecular flexibility index (Phi) is 4.95. The minimum atomic E-state index is -0.195. The van der Waals surface area contributed by atoms with Crippen molar-refractivity contribution >= 4 is 28.4 Å². The lowest BCUT2D eigenvalue weighted by atomic mass is 9.95. The minimum Gasteiger partial charge on any atom is -0.338 e. The number of carbonyl (C=O) groups is 2. The van der Waals surface area contributed by atoms with Crippen LogP contribution in [0.2, 0.25) is 0 Å². The lowest BCUT2D eigenvalue weighted by molar-refractivity contribution is -0.121. The van der Waals surface area contributed by atoms with Gasteiger partial charge in [-0.25, -0.2) is 0 Å². The Morgan fingerprint density at radius 1 is 0.967 bits per heavy atom. The molecule has 1 aliphatic carbocycles. The number of piperidine rings is 1. The van der Waals surface area contributed by atoms with Crippen molar-refractivity contribution in [3.63, 3.8) is 0 Å². The second kappa shape index (κ2) is 7.90. The van der Waals surface area contributed by atoms with E-state index in [1.807, 2.05) is 65.6 Å². The van der Waals surface area contributed by atoms with Gasteiger partial charge in [-0.15, -0.1) is 0 Å². The Morgan fingerprint density at radius 3 is 2.53 bits per heavy atom. The van der Waals surface area contributed by atoms with Crippen molar-refractivity contribution in [2.75, 3.05) is 18.4 Å². The number of aromatic nitrogens is 1. The van der Waals surface area contributed by atoms with Gasteiger partial charge in [0.1, 0.15) is 0 Å². The lowest BCUT2D eigenvalue weighted by Gasteiger charge is -2.32. The molecule has 5 rings (SSSR count). The number of nitrogens with one attached hydrogen (secondary N) is 1. The van der Waals surface area contributed by atoms with E-state index in [4.69, 9.17) is 4.98 Å². The highest BCUT2D eigenvalue weighted by atomic mass is 16.2. The van der Waals surface area contributed by atoms with E-state index in [0.29, 0.717) is 24.6 Å². The molecule has 5 nitrogen and oxygen atoms in total. The fourth-order valence-electron chi connectivity index (χ4n) is 4.27. The predicted molar refractivity (Wildman–Crippen MR) is 117 cm³/mol. The molecular weight excluding hydrogens is 374 g/mol. The molecule has 2 amide bonds. The van der Waals surface area contributed by atoms with Gasteiger partial charge in [0.15, 0.2) is 0 Å². The average molecular weight is 399 g/mol. The topological polar surface area (TPSA) is 62.3 Å². The summed E-state index contributed by atoms with van der Waals surface area (Å²) in [5, 5.41) is 3.88. The van der Waals surface area contributed by atoms with Crippen molar-refractivity contribution in [3.05, 3.63) is 71.9 Å². The highest BCUT2D eigenvalue weighted by molar-refractivity contribution is 6.06. The molecule has 5 heteroatoms. The van der Waals surface area contributed by atoms with Crippen LogP contribution in [0.5, 0.6) is 0 Å². The standard InChI is InChI=1S/C25H25N3O2/c29-24(26-19-8-2-1-3-9-19)18-7-6-14-28(16-18)25(30)21-15-23(17-12-13-17)27-22-11-5-4-10-20(21)22/h1-5,8-11,15,17-18H,6-7,12-14,16H2,(H,26,29). The molecule has 30 heavy (non-hydrogen) atoms. The zero-order chi connectivity index (χ0) is 20.5. The van der Waals surface area contributed by atoms with Crippen LogP contribution in [0.25, 0.3) is 10.9 Å². The van der Waals surface area contributed by atoms with Crippen LogP contribution in [-0.2, 0) is 4.79 Å². The van der Waals surface area contributed by atoms with E-state index < -0.39 is 0 Å². The van der Waals surface area contributed by atoms with Gasteiger partial charge >= 0.3 is 0 Å². The first-order chi connectivity index (χ1) is 14.7. The van der Waals surface area contributed by atoms with Gasteiger partial charge in [0.25, 0.3) is 5.91 Å². The highest BCUT2D eigenvalue weighted by Gasteiger charge is 2.31. The number of nitrogens with zero attached hydrogens (tertiary/aromatic N) is 2. The van der Waals surface area contributed by atoms with E-state index in [-0.39, 0.29) is 17.7 Å². The number of anilines is 1. The summed E-state index contributed by atoms with van der Waals surface area (Å²) in [6, 6.07) is 19.3. The van der Waals surface area contributed by atoms with Crippen LogP contribution in [0.4, 0.5) is 5.69 Å². The van der Waals surface area contributed by atoms with Gasteiger partial charge in [-0.2, -0.15) is 0 Å². The number of rotatable bonds is 4. The van der Waals surface area contributed by atoms with Gasteiger partial charge < -0.3 is 10.2 Å². The number of pyridine rings is 1. The second-order valence-corrected chi connectivity index (χ2v) is 8.33. The van der Waals surface area contributed by atoms with Crippen molar-refractivity contribution in [2.24, 2.45) is 5.92 Å². The third kappa shape index (κ3) is 3.80. The molecule has 1 saturated heterocycles. The van der Waals surface area contributed by atoms with E-state index in [1.165, 1.54) is 0 Å². The summed E-state index contributed by atoms with van der Waals surface area (Å²) in [7, 11) is 0. The highest BCUT2D eigenvalue weighted by Crippen LogP contribution is 2.40. The monoisotopic (exact) mass is 399 g/mol. The van der Waals surface area contributed by atoms with Crippen LogP contribution in [0.15, 0.2) is 60.7 Å². The number of fused-ring (bicyclic) bond motifs is 1. The average Bonchev–Trinajstić information content (AvgIpc) is 3.64. The summed E-state index contributed by atoms with van der Waals surface area (Å²) in [5.41, 5.74) is 3.40. The fourth-order valence-corrected chi connectivity index (χ4v) is 4.27. The zero-order valence-electron chi connectivity index (χ0n) is 16.9. The SMILES string of the molecule is O=C(Nc1ccccc1)C1CCCN(C(=O)c2cc(C3CC3)nc3ccccc23)C1. The predicted octanol–water partition coefficient (Wildman–Crippen LogP) is 4.60. The first-order valence-electron chi connectivity index (χ1n) is 10.7. The van der Waals surface area contributed by atoms with Crippen molar-refractivity contribution in [1.29, 1.82) is 0 Å². The van der Waals surface area contributed by atoms with Gasteiger partial charge in [-0.3, -0.25) is 14.6 Å². The first kappa shape index (κ1) is 18.8. The number of amides is 2. The van der Waals surface area contributed by atoms with Crippen molar-refractivity contribution in [1.82, 2.24) is 9.88 Å². The molecule has 152 valence electrons. The minimum absolute atomic E-state index is 0.00714. The van der Waals surface area contributed by atoms with Gasteiger partial charge in [-0.05, 0) is 49.9 Å². The molecule has 2 aromatic carbocycles. The third-order valence-corrected chi connectivity index (χ3v) is 6.08. The molecule has 1 aromatic heterocycles. The van der Waals surface area contributed by atoms with Crippen LogP contribution in [0.1, 0.15) is 47.7 Å². The molecule has 2 heterocycles. The second-order valence-electron chi connectivity index (χ2n) is 8.33. The molecule has 1 saturated carbocycles. The molecule has 1 aliphatic heterocycles. The maximum Gasteiger partial charge on any atom is 0.254 e. The van der Waals surface area contributed by atoms with E-state index in [0.717, 1.165) is 48.0 Å². The van der Waals surface area contributed by atoms with Crippen LogP contribution >= 0.6 is 0 Å². The van der Waals surface area contributed by atoms with Crippen LogP contribution in [0.3, 0.4) is 0 Å².